The Hall–Kier alpha value is -1.66. The average Bonchev–Trinajstić information content (AvgIpc) is 2.66. The molecule has 0 bridgehead atoms. The van der Waals surface area contributed by atoms with E-state index in [1.807, 2.05) is 6.92 Å². The molecule has 0 saturated heterocycles. The first kappa shape index (κ1) is 18.7. The Morgan fingerprint density at radius 1 is 0.667 bits per heavy atom. The van der Waals surface area contributed by atoms with Gasteiger partial charge in [-0.2, -0.15) is 0 Å². The Bertz CT molecular complexity index is 578. The van der Waals surface area contributed by atoms with Gasteiger partial charge in [0.05, 0.1) is 0 Å². The number of hydrogen-bond donors (Lipinski definition) is 0. The van der Waals surface area contributed by atoms with Crippen molar-refractivity contribution >= 4 is 35.4 Å². The standard InChI is InChI=1S/C18H15P.C3H7ClO/c1-4-10-16(11-5-1)19(17-12-6-2-7-13-17)18-14-8-3-9-15-18;1-2-5-3-4/h1-15H;2-3H2,1H3. The van der Waals surface area contributed by atoms with E-state index in [9.17, 15) is 0 Å². The number of benzene rings is 3. The van der Waals surface area contributed by atoms with Gasteiger partial charge in [0.2, 0.25) is 0 Å². The van der Waals surface area contributed by atoms with Gasteiger partial charge in [0.15, 0.2) is 0 Å². The van der Waals surface area contributed by atoms with Crippen LogP contribution in [-0.2, 0) is 4.74 Å². The van der Waals surface area contributed by atoms with Crippen molar-refractivity contribution in [1.82, 2.24) is 0 Å². The van der Waals surface area contributed by atoms with E-state index < -0.39 is 7.92 Å². The molecule has 1 nitrogen and oxygen atoms in total. The molecule has 0 N–H and O–H groups in total. The van der Waals surface area contributed by atoms with Crippen molar-refractivity contribution in [3.63, 3.8) is 0 Å². The molecule has 0 amide bonds. The van der Waals surface area contributed by atoms with Crippen molar-refractivity contribution in [1.29, 1.82) is 0 Å². The zero-order valence-electron chi connectivity index (χ0n) is 13.8. The van der Waals surface area contributed by atoms with Crippen molar-refractivity contribution in [2.45, 2.75) is 6.92 Å². The number of halogens is 1. The van der Waals surface area contributed by atoms with Gasteiger partial charge in [-0.15, -0.1) is 0 Å². The third-order valence-electron chi connectivity index (χ3n) is 3.32. The third-order valence-corrected chi connectivity index (χ3v) is 5.92. The molecule has 0 heterocycles. The molecule has 0 aromatic heterocycles. The van der Waals surface area contributed by atoms with Gasteiger partial charge in [-0.1, -0.05) is 103 Å². The lowest BCUT2D eigenvalue weighted by molar-refractivity contribution is 0.195. The molecule has 3 aromatic rings. The molecule has 124 valence electrons. The summed E-state index contributed by atoms with van der Waals surface area (Å²) >= 11 is 5.08. The van der Waals surface area contributed by atoms with Crippen molar-refractivity contribution in [2.24, 2.45) is 0 Å². The van der Waals surface area contributed by atoms with Crippen LogP contribution in [0.1, 0.15) is 6.92 Å². The van der Waals surface area contributed by atoms with E-state index in [4.69, 9.17) is 11.6 Å². The molecular formula is C21H22ClOP. The highest BCUT2D eigenvalue weighted by Crippen LogP contribution is 2.32. The molecule has 0 aliphatic carbocycles. The molecule has 0 radical (unpaired) electrons. The minimum atomic E-state index is -0.446. The van der Waals surface area contributed by atoms with Crippen LogP contribution in [-0.4, -0.2) is 12.7 Å². The molecule has 3 aromatic carbocycles. The maximum atomic E-state index is 5.08. The minimum Gasteiger partial charge on any atom is -0.366 e. The SMILES string of the molecule is CCOCCl.c1ccc(P(c2ccccc2)c2ccccc2)cc1. The van der Waals surface area contributed by atoms with Gasteiger partial charge < -0.3 is 4.74 Å². The Morgan fingerprint density at radius 3 is 1.21 bits per heavy atom. The normalized spacial score (nSPS) is 10.1. The van der Waals surface area contributed by atoms with Crippen molar-refractivity contribution in [2.75, 3.05) is 12.7 Å². The van der Waals surface area contributed by atoms with Gasteiger partial charge in [0.25, 0.3) is 0 Å². The quantitative estimate of drug-likeness (QED) is 0.477. The van der Waals surface area contributed by atoms with Crippen LogP contribution in [0.2, 0.25) is 0 Å². The first-order valence-corrected chi connectivity index (χ1v) is 9.83. The summed E-state index contributed by atoms with van der Waals surface area (Å²) in [6, 6.07) is 32.6. The lowest BCUT2D eigenvalue weighted by atomic mass is 10.4. The fourth-order valence-corrected chi connectivity index (χ4v) is 4.72. The highest BCUT2D eigenvalue weighted by molar-refractivity contribution is 7.79. The van der Waals surface area contributed by atoms with Crippen LogP contribution in [0.4, 0.5) is 0 Å². The molecule has 0 fully saturated rings. The van der Waals surface area contributed by atoms with E-state index in [1.165, 1.54) is 15.9 Å². The van der Waals surface area contributed by atoms with Crippen LogP contribution in [0.5, 0.6) is 0 Å². The van der Waals surface area contributed by atoms with Crippen LogP contribution in [0.15, 0.2) is 91.0 Å². The molecule has 0 atom stereocenters. The Labute approximate surface area is 151 Å². The summed E-state index contributed by atoms with van der Waals surface area (Å²) < 4.78 is 4.60. The number of rotatable bonds is 5. The summed E-state index contributed by atoms with van der Waals surface area (Å²) in [6.07, 6.45) is 0. The van der Waals surface area contributed by atoms with Crippen LogP contribution in [0.25, 0.3) is 0 Å². The maximum absolute atomic E-state index is 5.08. The predicted molar refractivity (Wildman–Crippen MR) is 107 cm³/mol. The largest absolute Gasteiger partial charge is 0.366 e. The number of ether oxygens (including phenoxy) is 1. The highest BCUT2D eigenvalue weighted by atomic mass is 35.5. The molecule has 0 aliphatic rings. The molecule has 24 heavy (non-hydrogen) atoms. The number of alkyl halides is 1. The molecule has 0 spiro atoms. The fraction of sp³-hybridized carbons (Fsp3) is 0.143. The van der Waals surface area contributed by atoms with Crippen LogP contribution in [0, 0.1) is 0 Å². The van der Waals surface area contributed by atoms with Crippen LogP contribution < -0.4 is 15.9 Å². The van der Waals surface area contributed by atoms with E-state index in [2.05, 4.69) is 95.7 Å². The fourth-order valence-electron chi connectivity index (χ4n) is 2.26. The lowest BCUT2D eigenvalue weighted by Gasteiger charge is -2.18. The van der Waals surface area contributed by atoms with Gasteiger partial charge >= 0.3 is 0 Å². The third kappa shape index (κ3) is 5.76. The van der Waals surface area contributed by atoms with Crippen LogP contribution in [0.3, 0.4) is 0 Å². The second-order valence-corrected chi connectivity index (χ2v) is 7.38. The van der Waals surface area contributed by atoms with Gasteiger partial charge in [0.1, 0.15) is 6.07 Å². The van der Waals surface area contributed by atoms with E-state index in [0.717, 1.165) is 0 Å². The van der Waals surface area contributed by atoms with Gasteiger partial charge in [-0.25, -0.2) is 0 Å². The zero-order valence-corrected chi connectivity index (χ0v) is 15.5. The molecule has 0 saturated carbocycles. The maximum Gasteiger partial charge on any atom is 0.120 e. The predicted octanol–water partition coefficient (Wildman–Crippen LogP) is 4.66. The zero-order chi connectivity index (χ0) is 17.0. The second kappa shape index (κ2) is 11.0. The Kier molecular flexibility index (Phi) is 8.55. The summed E-state index contributed by atoms with van der Waals surface area (Å²) in [5.74, 6) is 0. The molecule has 3 heteroatoms. The summed E-state index contributed by atoms with van der Waals surface area (Å²) in [5, 5.41) is 4.19. The molecule has 0 unspecified atom stereocenters. The topological polar surface area (TPSA) is 9.23 Å². The molecule has 3 rings (SSSR count). The van der Waals surface area contributed by atoms with Gasteiger partial charge in [0, 0.05) is 6.61 Å². The van der Waals surface area contributed by atoms with E-state index in [1.54, 1.807) is 0 Å². The monoisotopic (exact) mass is 356 g/mol. The highest BCUT2D eigenvalue weighted by Gasteiger charge is 2.14. The Balaban J connectivity index is 0.000000368. The summed E-state index contributed by atoms with van der Waals surface area (Å²) in [7, 11) is -0.446. The average molecular weight is 357 g/mol. The summed E-state index contributed by atoms with van der Waals surface area (Å²) in [5.41, 5.74) is 0. The van der Waals surface area contributed by atoms with Gasteiger partial charge in [-0.3, -0.25) is 0 Å². The van der Waals surface area contributed by atoms with Crippen molar-refractivity contribution < 1.29 is 4.74 Å². The van der Waals surface area contributed by atoms with E-state index >= 15 is 0 Å². The minimum absolute atomic E-state index is 0.316. The van der Waals surface area contributed by atoms with Crippen LogP contribution >= 0.6 is 19.5 Å². The second-order valence-electron chi connectivity index (χ2n) is 4.94. The van der Waals surface area contributed by atoms with E-state index in [-0.39, 0.29) is 0 Å². The van der Waals surface area contributed by atoms with Crippen molar-refractivity contribution in [3.05, 3.63) is 91.0 Å². The lowest BCUT2D eigenvalue weighted by Crippen LogP contribution is -2.20. The first-order chi connectivity index (χ1) is 11.9. The van der Waals surface area contributed by atoms with Gasteiger partial charge in [-0.05, 0) is 30.8 Å². The first-order valence-electron chi connectivity index (χ1n) is 7.95. The smallest absolute Gasteiger partial charge is 0.120 e. The van der Waals surface area contributed by atoms with Crippen molar-refractivity contribution in [3.8, 4) is 0 Å². The molecular weight excluding hydrogens is 335 g/mol. The molecule has 0 aliphatic heterocycles. The number of hydrogen-bond acceptors (Lipinski definition) is 1. The summed E-state index contributed by atoms with van der Waals surface area (Å²) in [6.45, 7) is 2.62. The Morgan fingerprint density at radius 2 is 1.00 bits per heavy atom. The summed E-state index contributed by atoms with van der Waals surface area (Å²) in [4.78, 5) is 0. The van der Waals surface area contributed by atoms with E-state index in [0.29, 0.717) is 12.7 Å².